The van der Waals surface area contributed by atoms with E-state index in [-0.39, 0.29) is 5.41 Å². The summed E-state index contributed by atoms with van der Waals surface area (Å²) in [5.41, 5.74) is 10.4. The number of benzene rings is 5. The van der Waals surface area contributed by atoms with Gasteiger partial charge >= 0.3 is 0 Å². The van der Waals surface area contributed by atoms with Crippen LogP contribution in [0.2, 0.25) is 5.02 Å². The molecule has 186 valence electrons. The molecule has 0 spiro atoms. The summed E-state index contributed by atoms with van der Waals surface area (Å²) in [7, 11) is 0. The highest BCUT2D eigenvalue weighted by atomic mass is 35.5. The van der Waals surface area contributed by atoms with E-state index < -0.39 is 0 Å². The molecule has 0 saturated heterocycles. The highest BCUT2D eigenvalue weighted by Gasteiger charge is 2.51. The van der Waals surface area contributed by atoms with E-state index in [0.717, 1.165) is 44.5 Å². The van der Waals surface area contributed by atoms with Crippen molar-refractivity contribution >= 4 is 39.1 Å². The summed E-state index contributed by atoms with van der Waals surface area (Å²) in [6.45, 7) is 0. The van der Waals surface area contributed by atoms with Crippen molar-refractivity contribution in [2.45, 2.75) is 11.8 Å². The van der Waals surface area contributed by atoms with Crippen molar-refractivity contribution in [1.82, 2.24) is 0 Å². The molecule has 2 atom stereocenters. The number of hydrogen-bond acceptors (Lipinski definition) is 1. The highest BCUT2D eigenvalue weighted by molar-refractivity contribution is 6.30. The Bertz CT molecular complexity index is 1940. The number of fused-ring (bicyclic) bond motifs is 6. The smallest absolute Gasteiger partial charge is 0.143 e. The standard InChI is InChI=1S/C37H25ClO/c38-27-21-22-34-32(23-27)29-11-4-6-15-33(29)37(34,25-9-2-1-3-10-25)26-19-17-24(18-20-26)28-13-8-14-31-30-12-5-7-16-35(30)39-36(28)31/h1-14,16-23,33H,15H2. The van der Waals surface area contributed by atoms with E-state index in [1.807, 2.05) is 18.2 Å². The van der Waals surface area contributed by atoms with E-state index in [4.69, 9.17) is 16.0 Å². The third kappa shape index (κ3) is 3.20. The average Bonchev–Trinajstić information content (AvgIpc) is 3.52. The Morgan fingerprint density at radius 3 is 2.33 bits per heavy atom. The molecule has 39 heavy (non-hydrogen) atoms. The van der Waals surface area contributed by atoms with Crippen LogP contribution in [0.25, 0.3) is 38.6 Å². The molecule has 2 aliphatic rings. The molecular weight excluding hydrogens is 496 g/mol. The summed E-state index contributed by atoms with van der Waals surface area (Å²) >= 11 is 6.55. The van der Waals surface area contributed by atoms with Gasteiger partial charge in [0.25, 0.3) is 0 Å². The van der Waals surface area contributed by atoms with Gasteiger partial charge in [0.2, 0.25) is 0 Å². The van der Waals surface area contributed by atoms with Gasteiger partial charge in [-0.15, -0.1) is 0 Å². The number of hydrogen-bond donors (Lipinski definition) is 0. The van der Waals surface area contributed by atoms with Gasteiger partial charge in [-0.3, -0.25) is 0 Å². The largest absolute Gasteiger partial charge is 0.455 e. The molecular formula is C37H25ClO. The Morgan fingerprint density at radius 1 is 0.692 bits per heavy atom. The van der Waals surface area contributed by atoms with Crippen LogP contribution < -0.4 is 0 Å². The molecule has 0 fully saturated rings. The van der Waals surface area contributed by atoms with Crippen LogP contribution in [0.1, 0.15) is 28.7 Å². The average molecular weight is 521 g/mol. The maximum Gasteiger partial charge on any atom is 0.143 e. The van der Waals surface area contributed by atoms with Gasteiger partial charge in [-0.05, 0) is 58.0 Å². The molecule has 2 unspecified atom stereocenters. The van der Waals surface area contributed by atoms with E-state index in [1.54, 1.807) is 0 Å². The predicted octanol–water partition coefficient (Wildman–Crippen LogP) is 10.2. The van der Waals surface area contributed by atoms with Crippen LogP contribution in [0.4, 0.5) is 0 Å². The van der Waals surface area contributed by atoms with E-state index in [9.17, 15) is 0 Å². The SMILES string of the molecule is Clc1ccc2c(c1)C1=CC=CCC1C2(c1ccccc1)c1ccc(-c2cccc3c2oc2ccccc23)cc1. The van der Waals surface area contributed by atoms with E-state index in [1.165, 1.54) is 27.8 Å². The zero-order valence-corrected chi connectivity index (χ0v) is 22.0. The first-order chi connectivity index (χ1) is 19.2. The summed E-state index contributed by atoms with van der Waals surface area (Å²) in [5.74, 6) is 0.294. The van der Waals surface area contributed by atoms with Gasteiger partial charge in [-0.2, -0.15) is 0 Å². The Balaban J connectivity index is 1.35. The third-order valence-electron chi connectivity index (χ3n) is 8.68. The van der Waals surface area contributed by atoms with Crippen molar-refractivity contribution in [2.24, 2.45) is 5.92 Å². The number of para-hydroxylation sites is 2. The second-order valence-corrected chi connectivity index (χ2v) is 11.0. The van der Waals surface area contributed by atoms with E-state index >= 15 is 0 Å². The number of furan rings is 1. The number of allylic oxidation sites excluding steroid dienone is 4. The van der Waals surface area contributed by atoms with Gasteiger partial charge in [0.1, 0.15) is 11.2 Å². The van der Waals surface area contributed by atoms with Gasteiger partial charge in [-0.25, -0.2) is 0 Å². The first-order valence-electron chi connectivity index (χ1n) is 13.5. The molecule has 2 aliphatic carbocycles. The van der Waals surface area contributed by atoms with Gasteiger partial charge in [0.15, 0.2) is 0 Å². The lowest BCUT2D eigenvalue weighted by molar-refractivity contribution is 0.484. The summed E-state index contributed by atoms with van der Waals surface area (Å²) in [5, 5.41) is 3.08. The molecule has 0 bridgehead atoms. The Labute approximate surface area is 232 Å². The summed E-state index contributed by atoms with van der Waals surface area (Å²) in [4.78, 5) is 0. The minimum atomic E-state index is -0.304. The molecule has 0 aliphatic heterocycles. The van der Waals surface area contributed by atoms with E-state index in [0.29, 0.717) is 5.92 Å². The molecule has 0 saturated carbocycles. The Morgan fingerprint density at radius 2 is 1.46 bits per heavy atom. The maximum absolute atomic E-state index is 6.55. The van der Waals surface area contributed by atoms with Crippen molar-refractivity contribution in [3.63, 3.8) is 0 Å². The number of halogens is 1. The lowest BCUT2D eigenvalue weighted by atomic mass is 9.63. The van der Waals surface area contributed by atoms with Crippen LogP contribution in [0.3, 0.4) is 0 Å². The second kappa shape index (κ2) is 8.59. The topological polar surface area (TPSA) is 13.1 Å². The van der Waals surface area contributed by atoms with Crippen molar-refractivity contribution in [2.75, 3.05) is 0 Å². The van der Waals surface area contributed by atoms with Crippen molar-refractivity contribution in [1.29, 1.82) is 0 Å². The second-order valence-electron chi connectivity index (χ2n) is 10.6. The van der Waals surface area contributed by atoms with Gasteiger partial charge in [0, 0.05) is 27.3 Å². The minimum absolute atomic E-state index is 0.294. The molecule has 1 aromatic heterocycles. The molecule has 1 heterocycles. The Hall–Kier alpha value is -4.33. The first-order valence-corrected chi connectivity index (χ1v) is 13.9. The fraction of sp³-hybridized carbons (Fsp3) is 0.0811. The molecule has 5 aromatic carbocycles. The van der Waals surface area contributed by atoms with Gasteiger partial charge < -0.3 is 4.42 Å². The number of rotatable bonds is 3. The predicted molar refractivity (Wildman–Crippen MR) is 162 cm³/mol. The Kier molecular flexibility index (Phi) is 4.99. The quantitative estimate of drug-likeness (QED) is 0.226. The molecule has 1 nitrogen and oxygen atoms in total. The van der Waals surface area contributed by atoms with Crippen LogP contribution in [0.5, 0.6) is 0 Å². The molecule has 0 radical (unpaired) electrons. The van der Waals surface area contributed by atoms with Crippen molar-refractivity contribution in [3.05, 3.63) is 161 Å². The van der Waals surface area contributed by atoms with Crippen molar-refractivity contribution < 1.29 is 4.42 Å². The minimum Gasteiger partial charge on any atom is -0.455 e. The summed E-state index contributed by atoms with van der Waals surface area (Å²) < 4.78 is 6.36. The molecule has 8 rings (SSSR count). The van der Waals surface area contributed by atoms with Crippen LogP contribution >= 0.6 is 11.6 Å². The van der Waals surface area contributed by atoms with Crippen LogP contribution in [0, 0.1) is 5.92 Å². The van der Waals surface area contributed by atoms with Crippen molar-refractivity contribution in [3.8, 4) is 11.1 Å². The molecule has 2 heteroatoms. The summed E-state index contributed by atoms with van der Waals surface area (Å²) in [6.07, 6.45) is 7.75. The van der Waals surface area contributed by atoms with Crippen LogP contribution in [0.15, 0.2) is 138 Å². The van der Waals surface area contributed by atoms with Crippen LogP contribution in [-0.2, 0) is 5.41 Å². The first kappa shape index (κ1) is 22.6. The van der Waals surface area contributed by atoms with Gasteiger partial charge in [-0.1, -0.05) is 127 Å². The van der Waals surface area contributed by atoms with Crippen LogP contribution in [-0.4, -0.2) is 0 Å². The molecule has 6 aromatic rings. The monoisotopic (exact) mass is 520 g/mol. The lowest BCUT2D eigenvalue weighted by Crippen LogP contribution is -2.34. The normalized spacial score (nSPS) is 19.7. The van der Waals surface area contributed by atoms with Gasteiger partial charge in [0.05, 0.1) is 5.41 Å². The molecule has 0 amide bonds. The lowest BCUT2D eigenvalue weighted by Gasteiger charge is -2.39. The zero-order valence-electron chi connectivity index (χ0n) is 21.3. The van der Waals surface area contributed by atoms with E-state index in [2.05, 4.69) is 115 Å². The zero-order chi connectivity index (χ0) is 26.0. The highest BCUT2D eigenvalue weighted by Crippen LogP contribution is 2.59. The molecule has 0 N–H and O–H groups in total. The fourth-order valence-electron chi connectivity index (χ4n) is 7.07. The third-order valence-corrected chi connectivity index (χ3v) is 8.92. The summed E-state index contributed by atoms with van der Waals surface area (Å²) in [6, 6.07) is 41.3. The maximum atomic E-state index is 6.55. The fourth-order valence-corrected chi connectivity index (χ4v) is 7.24.